The van der Waals surface area contributed by atoms with Crippen molar-refractivity contribution >= 4 is 23.0 Å². The van der Waals surface area contributed by atoms with Crippen molar-refractivity contribution in [1.82, 2.24) is 9.97 Å². The molecular weight excluding hydrogens is 342 g/mol. The Labute approximate surface area is 157 Å². The number of benzene rings is 1. The van der Waals surface area contributed by atoms with Gasteiger partial charge in [0.1, 0.15) is 5.56 Å². The lowest BCUT2D eigenvalue weighted by Gasteiger charge is -2.15. The Bertz CT molecular complexity index is 983. The van der Waals surface area contributed by atoms with E-state index in [0.29, 0.717) is 17.9 Å². The van der Waals surface area contributed by atoms with Crippen molar-refractivity contribution in [2.24, 2.45) is 0 Å². The number of H-pyrrole nitrogens is 1. The topological polar surface area (TPSA) is 90.1 Å². The average Bonchev–Trinajstić information content (AvgIpc) is 2.67. The van der Waals surface area contributed by atoms with E-state index in [-0.39, 0.29) is 5.56 Å². The van der Waals surface area contributed by atoms with E-state index < -0.39 is 11.5 Å². The number of amides is 1. The third-order valence-corrected chi connectivity index (χ3v) is 3.99. The molecule has 2 heterocycles. The first-order chi connectivity index (χ1) is 13.0. The van der Waals surface area contributed by atoms with Gasteiger partial charge in [-0.3, -0.25) is 14.6 Å². The molecule has 0 radical (unpaired) electrons. The molecule has 0 unspecified atom stereocenters. The van der Waals surface area contributed by atoms with Crippen molar-refractivity contribution in [2.75, 3.05) is 29.6 Å². The van der Waals surface area contributed by atoms with Crippen molar-refractivity contribution in [3.05, 3.63) is 82.5 Å². The van der Waals surface area contributed by atoms with Crippen molar-refractivity contribution in [1.29, 1.82) is 0 Å². The predicted molar refractivity (Wildman–Crippen MR) is 107 cm³/mol. The van der Waals surface area contributed by atoms with E-state index >= 15 is 0 Å². The molecule has 0 fully saturated rings. The molecule has 0 saturated carbocycles. The fourth-order valence-electron chi connectivity index (χ4n) is 2.60. The maximum atomic E-state index is 12.7. The molecule has 138 valence electrons. The third-order valence-electron chi connectivity index (χ3n) is 3.99. The van der Waals surface area contributed by atoms with Crippen LogP contribution in [0.2, 0.25) is 0 Å². The summed E-state index contributed by atoms with van der Waals surface area (Å²) in [5, 5.41) is 5.91. The number of rotatable bonds is 6. The molecule has 2 aromatic heterocycles. The summed E-state index contributed by atoms with van der Waals surface area (Å²) in [6, 6.07) is 14.6. The first kappa shape index (κ1) is 18.2. The first-order valence-electron chi connectivity index (χ1n) is 8.49. The van der Waals surface area contributed by atoms with Crippen LogP contribution in [0.1, 0.15) is 16.1 Å². The number of aromatic nitrogens is 2. The molecule has 27 heavy (non-hydrogen) atoms. The van der Waals surface area contributed by atoms with Gasteiger partial charge in [0.05, 0.1) is 17.9 Å². The molecule has 1 amide bonds. The van der Waals surface area contributed by atoms with Gasteiger partial charge in [-0.25, -0.2) is 0 Å². The second kappa shape index (κ2) is 8.18. The van der Waals surface area contributed by atoms with Crippen LogP contribution < -0.4 is 21.1 Å². The highest BCUT2D eigenvalue weighted by Gasteiger charge is 2.16. The fourth-order valence-corrected chi connectivity index (χ4v) is 2.60. The van der Waals surface area contributed by atoms with Crippen molar-refractivity contribution < 1.29 is 4.79 Å². The van der Waals surface area contributed by atoms with Gasteiger partial charge in [-0.15, -0.1) is 0 Å². The Morgan fingerprint density at radius 2 is 2.00 bits per heavy atom. The molecule has 3 aromatic rings. The number of hydrogen-bond donors (Lipinski definition) is 3. The second-order valence-corrected chi connectivity index (χ2v) is 6.17. The fraction of sp³-hybridized carbons (Fsp3) is 0.150. The van der Waals surface area contributed by atoms with E-state index in [1.807, 2.05) is 55.4 Å². The average molecular weight is 363 g/mol. The summed E-state index contributed by atoms with van der Waals surface area (Å²) in [5.41, 5.74) is 2.40. The molecular formula is C20H21N5O2. The largest absolute Gasteiger partial charge is 0.379 e. The zero-order valence-electron chi connectivity index (χ0n) is 15.2. The van der Waals surface area contributed by atoms with Crippen LogP contribution in [0.3, 0.4) is 0 Å². The van der Waals surface area contributed by atoms with Crippen LogP contribution in [-0.2, 0) is 6.54 Å². The molecule has 7 heteroatoms. The van der Waals surface area contributed by atoms with Gasteiger partial charge in [0, 0.05) is 37.9 Å². The number of aromatic amines is 1. The van der Waals surface area contributed by atoms with Crippen molar-refractivity contribution in [3.63, 3.8) is 0 Å². The van der Waals surface area contributed by atoms with Gasteiger partial charge < -0.3 is 20.5 Å². The van der Waals surface area contributed by atoms with E-state index in [2.05, 4.69) is 20.6 Å². The highest BCUT2D eigenvalue weighted by molar-refractivity contribution is 6.07. The molecule has 1 aromatic carbocycles. The van der Waals surface area contributed by atoms with Crippen LogP contribution in [0.15, 0.2) is 65.7 Å². The van der Waals surface area contributed by atoms with Gasteiger partial charge in [0.15, 0.2) is 0 Å². The molecule has 3 N–H and O–H groups in total. The van der Waals surface area contributed by atoms with E-state index in [9.17, 15) is 9.59 Å². The van der Waals surface area contributed by atoms with Gasteiger partial charge in [0.25, 0.3) is 11.5 Å². The van der Waals surface area contributed by atoms with E-state index in [1.165, 1.54) is 6.20 Å². The van der Waals surface area contributed by atoms with Gasteiger partial charge in [0.2, 0.25) is 0 Å². The molecule has 7 nitrogen and oxygen atoms in total. The summed E-state index contributed by atoms with van der Waals surface area (Å²) >= 11 is 0. The number of pyridine rings is 2. The Morgan fingerprint density at radius 1 is 1.15 bits per heavy atom. The SMILES string of the molecule is CN(C)c1cccc(NC(=O)c2c(NCc3ccccn3)cc[nH]c2=O)c1. The van der Waals surface area contributed by atoms with Gasteiger partial charge in [-0.2, -0.15) is 0 Å². The van der Waals surface area contributed by atoms with Crippen LogP contribution in [0, 0.1) is 0 Å². The Hall–Kier alpha value is -3.61. The summed E-state index contributed by atoms with van der Waals surface area (Å²) in [7, 11) is 3.84. The molecule has 0 bridgehead atoms. The number of anilines is 3. The smallest absolute Gasteiger partial charge is 0.263 e. The molecule has 0 aliphatic carbocycles. The van der Waals surface area contributed by atoms with E-state index in [0.717, 1.165) is 11.4 Å². The number of carbonyl (C=O) groups excluding carboxylic acids is 1. The van der Waals surface area contributed by atoms with E-state index in [4.69, 9.17) is 0 Å². The molecule has 0 aliphatic heterocycles. The third kappa shape index (κ3) is 4.52. The predicted octanol–water partition coefficient (Wildman–Crippen LogP) is 2.70. The highest BCUT2D eigenvalue weighted by Crippen LogP contribution is 2.19. The minimum absolute atomic E-state index is 0.0312. The van der Waals surface area contributed by atoms with Crippen LogP contribution in [-0.4, -0.2) is 30.0 Å². The monoisotopic (exact) mass is 363 g/mol. The van der Waals surface area contributed by atoms with Crippen LogP contribution in [0.25, 0.3) is 0 Å². The maximum Gasteiger partial charge on any atom is 0.263 e. The van der Waals surface area contributed by atoms with Crippen LogP contribution >= 0.6 is 0 Å². The zero-order chi connectivity index (χ0) is 19.2. The normalized spacial score (nSPS) is 10.3. The molecule has 0 atom stereocenters. The number of hydrogen-bond acceptors (Lipinski definition) is 5. The summed E-state index contributed by atoms with van der Waals surface area (Å²) in [4.78, 5) is 33.7. The van der Waals surface area contributed by atoms with Gasteiger partial charge in [-0.1, -0.05) is 12.1 Å². The van der Waals surface area contributed by atoms with Gasteiger partial charge >= 0.3 is 0 Å². The van der Waals surface area contributed by atoms with Crippen molar-refractivity contribution in [3.8, 4) is 0 Å². The Balaban J connectivity index is 1.82. The minimum atomic E-state index is -0.476. The highest BCUT2D eigenvalue weighted by atomic mass is 16.2. The van der Waals surface area contributed by atoms with Gasteiger partial charge in [-0.05, 0) is 36.4 Å². The molecule has 0 saturated heterocycles. The molecule has 0 spiro atoms. The summed E-state index contributed by atoms with van der Waals surface area (Å²) in [6.07, 6.45) is 3.20. The molecule has 0 aliphatic rings. The number of carbonyl (C=O) groups is 1. The molecule has 3 rings (SSSR count). The summed E-state index contributed by atoms with van der Waals surface area (Å²) in [5.74, 6) is -0.476. The Morgan fingerprint density at radius 3 is 2.74 bits per heavy atom. The van der Waals surface area contributed by atoms with E-state index in [1.54, 1.807) is 18.3 Å². The maximum absolute atomic E-state index is 12.7. The standard InChI is InChI=1S/C20H21N5O2/c1-25(2)16-8-5-7-14(12-16)24-20(27)18-17(9-11-22-19(18)26)23-13-15-6-3-4-10-21-15/h3-12H,13H2,1-2H3,(H,24,27)(H2,22,23,26). The van der Waals surface area contributed by atoms with Crippen molar-refractivity contribution in [2.45, 2.75) is 6.54 Å². The lowest BCUT2D eigenvalue weighted by molar-refractivity contribution is 0.102. The minimum Gasteiger partial charge on any atom is -0.379 e. The quantitative estimate of drug-likeness (QED) is 0.626. The van der Waals surface area contributed by atoms with Crippen LogP contribution in [0.4, 0.5) is 17.1 Å². The Kier molecular flexibility index (Phi) is 5.51. The first-order valence-corrected chi connectivity index (χ1v) is 8.49. The number of nitrogens with one attached hydrogen (secondary N) is 3. The lowest BCUT2D eigenvalue weighted by Crippen LogP contribution is -2.25. The zero-order valence-corrected chi connectivity index (χ0v) is 15.2. The summed E-state index contributed by atoms with van der Waals surface area (Å²) in [6.45, 7) is 0.403. The van der Waals surface area contributed by atoms with Crippen LogP contribution in [0.5, 0.6) is 0 Å². The second-order valence-electron chi connectivity index (χ2n) is 6.17. The summed E-state index contributed by atoms with van der Waals surface area (Å²) < 4.78 is 0. The number of nitrogens with zero attached hydrogens (tertiary/aromatic N) is 2. The lowest BCUT2D eigenvalue weighted by atomic mass is 10.2.